The molecule has 0 radical (unpaired) electrons. The predicted molar refractivity (Wildman–Crippen MR) is 53.7 cm³/mol. The van der Waals surface area contributed by atoms with Crippen molar-refractivity contribution < 1.29 is 14.2 Å². The number of halogens is 2. The Labute approximate surface area is 89.8 Å². The molecule has 2 rings (SSSR count). The van der Waals surface area contributed by atoms with Crippen molar-refractivity contribution in [3.8, 4) is 0 Å². The fourth-order valence-electron chi connectivity index (χ4n) is 1.52. The number of hydrogen-bond acceptors (Lipinski definition) is 2. The van der Waals surface area contributed by atoms with E-state index in [1.807, 2.05) is 6.07 Å². The molecule has 1 aromatic carbocycles. The van der Waals surface area contributed by atoms with Gasteiger partial charge in [0.25, 0.3) is 0 Å². The van der Waals surface area contributed by atoms with Crippen LogP contribution >= 0.6 is 15.9 Å². The van der Waals surface area contributed by atoms with Crippen LogP contribution in [0.3, 0.4) is 0 Å². The molecule has 1 saturated heterocycles. The average molecular weight is 261 g/mol. The van der Waals surface area contributed by atoms with E-state index in [4.69, 9.17) is 4.74 Å². The first kappa shape index (κ1) is 10.1. The van der Waals surface area contributed by atoms with Crippen LogP contribution in [0, 0.1) is 5.82 Å². The Morgan fingerprint density at radius 2 is 2.21 bits per heavy atom. The molecule has 0 bridgehead atoms. The van der Waals surface area contributed by atoms with Crippen LogP contribution in [0.25, 0.3) is 0 Å². The fourth-order valence-corrected chi connectivity index (χ4v) is 1.77. The van der Waals surface area contributed by atoms with Gasteiger partial charge in [0.15, 0.2) is 0 Å². The van der Waals surface area contributed by atoms with Crippen molar-refractivity contribution in [2.75, 3.05) is 19.8 Å². The van der Waals surface area contributed by atoms with E-state index in [0.29, 0.717) is 17.7 Å². The van der Waals surface area contributed by atoms with Crippen molar-refractivity contribution >= 4 is 15.9 Å². The van der Waals surface area contributed by atoms with Crippen LogP contribution in [-0.2, 0) is 10.2 Å². The van der Waals surface area contributed by atoms with Crippen LogP contribution < -0.4 is 0 Å². The van der Waals surface area contributed by atoms with E-state index in [1.54, 1.807) is 6.07 Å². The van der Waals surface area contributed by atoms with Gasteiger partial charge < -0.3 is 9.84 Å². The number of aliphatic hydroxyl groups excluding tert-OH is 1. The molecule has 0 amide bonds. The average Bonchev–Trinajstić information content (AvgIpc) is 2.10. The third kappa shape index (κ3) is 1.47. The normalized spacial score (nSPS) is 19.1. The number of hydrogen-bond donors (Lipinski definition) is 1. The topological polar surface area (TPSA) is 29.5 Å². The molecule has 4 heteroatoms. The lowest BCUT2D eigenvalue weighted by atomic mass is 9.79. The van der Waals surface area contributed by atoms with E-state index in [1.165, 1.54) is 6.07 Å². The Balaban J connectivity index is 2.36. The second kappa shape index (κ2) is 3.61. The standard InChI is InChI=1S/C10H10BrFO2/c11-8-2-1-7(3-9(8)12)10(4-13)5-14-6-10/h1-3,13H,4-6H2. The molecule has 0 aliphatic carbocycles. The van der Waals surface area contributed by atoms with E-state index < -0.39 is 0 Å². The lowest BCUT2D eigenvalue weighted by Gasteiger charge is -2.40. The fraction of sp³-hybridized carbons (Fsp3) is 0.400. The second-order valence-electron chi connectivity index (χ2n) is 3.56. The van der Waals surface area contributed by atoms with E-state index in [-0.39, 0.29) is 17.8 Å². The number of rotatable bonds is 2. The summed E-state index contributed by atoms with van der Waals surface area (Å²) < 4.78 is 18.7. The Morgan fingerprint density at radius 1 is 1.50 bits per heavy atom. The van der Waals surface area contributed by atoms with E-state index >= 15 is 0 Å². The summed E-state index contributed by atoms with van der Waals surface area (Å²) in [6, 6.07) is 4.91. The van der Waals surface area contributed by atoms with Crippen LogP contribution in [0.2, 0.25) is 0 Å². The number of aliphatic hydroxyl groups is 1. The summed E-state index contributed by atoms with van der Waals surface area (Å²) in [4.78, 5) is 0. The van der Waals surface area contributed by atoms with Crippen molar-refractivity contribution in [3.63, 3.8) is 0 Å². The minimum Gasteiger partial charge on any atom is -0.395 e. The van der Waals surface area contributed by atoms with E-state index in [2.05, 4.69) is 15.9 Å². The van der Waals surface area contributed by atoms with Gasteiger partial charge in [0.2, 0.25) is 0 Å². The van der Waals surface area contributed by atoms with Crippen LogP contribution in [0.15, 0.2) is 22.7 Å². The summed E-state index contributed by atoms with van der Waals surface area (Å²) in [5, 5.41) is 9.24. The summed E-state index contributed by atoms with van der Waals surface area (Å²) in [6.07, 6.45) is 0. The molecule has 2 nitrogen and oxygen atoms in total. The van der Waals surface area contributed by atoms with Crippen LogP contribution in [0.1, 0.15) is 5.56 Å². The minimum atomic E-state index is -0.387. The summed E-state index contributed by atoms with van der Waals surface area (Å²) >= 11 is 3.09. The van der Waals surface area contributed by atoms with Crippen LogP contribution in [0.4, 0.5) is 4.39 Å². The summed E-state index contributed by atoms with van der Waals surface area (Å²) in [7, 11) is 0. The quantitative estimate of drug-likeness (QED) is 0.880. The number of benzene rings is 1. The predicted octanol–water partition coefficient (Wildman–Crippen LogP) is 1.85. The van der Waals surface area contributed by atoms with E-state index in [0.717, 1.165) is 5.56 Å². The highest BCUT2D eigenvalue weighted by Gasteiger charge is 2.40. The molecule has 0 atom stereocenters. The zero-order chi connectivity index (χ0) is 10.2. The third-order valence-electron chi connectivity index (χ3n) is 2.59. The molecule has 1 fully saturated rings. The maximum Gasteiger partial charge on any atom is 0.137 e. The largest absolute Gasteiger partial charge is 0.395 e. The number of ether oxygens (including phenoxy) is 1. The van der Waals surface area contributed by atoms with Crippen molar-refractivity contribution in [2.45, 2.75) is 5.41 Å². The molecular formula is C10H10BrFO2. The SMILES string of the molecule is OCC1(c2ccc(Br)c(F)c2)COC1. The minimum absolute atomic E-state index is 0.00588. The van der Waals surface area contributed by atoms with Gasteiger partial charge in [-0.25, -0.2) is 4.39 Å². The van der Waals surface area contributed by atoms with Gasteiger partial charge in [-0.1, -0.05) is 6.07 Å². The molecule has 76 valence electrons. The van der Waals surface area contributed by atoms with Gasteiger partial charge in [-0.3, -0.25) is 0 Å². The molecule has 0 saturated carbocycles. The van der Waals surface area contributed by atoms with Gasteiger partial charge in [0.1, 0.15) is 5.82 Å². The molecule has 1 aromatic rings. The zero-order valence-corrected chi connectivity index (χ0v) is 9.05. The molecule has 1 heterocycles. The first-order chi connectivity index (χ1) is 6.68. The second-order valence-corrected chi connectivity index (χ2v) is 4.41. The molecule has 1 N–H and O–H groups in total. The first-order valence-corrected chi connectivity index (χ1v) is 5.11. The highest BCUT2D eigenvalue weighted by atomic mass is 79.9. The van der Waals surface area contributed by atoms with Crippen LogP contribution in [-0.4, -0.2) is 24.9 Å². The Kier molecular flexibility index (Phi) is 2.60. The van der Waals surface area contributed by atoms with Gasteiger partial charge in [-0.15, -0.1) is 0 Å². The first-order valence-electron chi connectivity index (χ1n) is 4.32. The molecule has 0 aromatic heterocycles. The molecule has 0 spiro atoms. The monoisotopic (exact) mass is 260 g/mol. The highest BCUT2D eigenvalue weighted by molar-refractivity contribution is 9.10. The van der Waals surface area contributed by atoms with Gasteiger partial charge >= 0.3 is 0 Å². The van der Waals surface area contributed by atoms with Crippen molar-refractivity contribution in [1.82, 2.24) is 0 Å². The smallest absolute Gasteiger partial charge is 0.137 e. The molecule has 1 aliphatic rings. The lowest BCUT2D eigenvalue weighted by molar-refractivity contribution is -0.0842. The molecular weight excluding hydrogens is 251 g/mol. The Morgan fingerprint density at radius 3 is 2.64 bits per heavy atom. The third-order valence-corrected chi connectivity index (χ3v) is 3.23. The maximum absolute atomic E-state index is 13.2. The summed E-state index contributed by atoms with van der Waals surface area (Å²) in [6.45, 7) is 0.920. The summed E-state index contributed by atoms with van der Waals surface area (Å²) in [5.74, 6) is -0.303. The maximum atomic E-state index is 13.2. The summed E-state index contributed by atoms with van der Waals surface area (Å²) in [5.41, 5.74) is 0.411. The van der Waals surface area contributed by atoms with Crippen molar-refractivity contribution in [2.24, 2.45) is 0 Å². The Hall–Kier alpha value is -0.450. The van der Waals surface area contributed by atoms with Crippen LogP contribution in [0.5, 0.6) is 0 Å². The van der Waals surface area contributed by atoms with Crippen molar-refractivity contribution in [1.29, 1.82) is 0 Å². The van der Waals surface area contributed by atoms with Gasteiger partial charge in [0.05, 0.1) is 29.7 Å². The van der Waals surface area contributed by atoms with Gasteiger partial charge in [0, 0.05) is 0 Å². The Bertz CT molecular complexity index is 344. The zero-order valence-electron chi connectivity index (χ0n) is 7.46. The van der Waals surface area contributed by atoms with Gasteiger partial charge in [-0.05, 0) is 33.6 Å². The molecule has 0 unspecified atom stereocenters. The van der Waals surface area contributed by atoms with E-state index in [9.17, 15) is 9.50 Å². The van der Waals surface area contributed by atoms with Crippen molar-refractivity contribution in [3.05, 3.63) is 34.1 Å². The molecule has 14 heavy (non-hydrogen) atoms. The highest BCUT2D eigenvalue weighted by Crippen LogP contribution is 2.33. The molecule has 1 aliphatic heterocycles. The van der Waals surface area contributed by atoms with Gasteiger partial charge in [-0.2, -0.15) is 0 Å². The lowest BCUT2D eigenvalue weighted by Crippen LogP contribution is -2.49.